The Morgan fingerprint density at radius 3 is 3.00 bits per heavy atom. The number of nitrogens with zero attached hydrogens (tertiary/aromatic N) is 1. The van der Waals surface area contributed by atoms with Gasteiger partial charge in [0.2, 0.25) is 0 Å². The van der Waals surface area contributed by atoms with Crippen molar-refractivity contribution in [2.24, 2.45) is 0 Å². The van der Waals surface area contributed by atoms with E-state index in [1.54, 1.807) is 11.3 Å². The van der Waals surface area contributed by atoms with Crippen LogP contribution in [0.15, 0.2) is 16.8 Å². The van der Waals surface area contributed by atoms with Gasteiger partial charge in [0.1, 0.15) is 0 Å². The number of carbonyl (C=O) groups excluding carboxylic acids is 1. The molecular weight excluding hydrogens is 236 g/mol. The van der Waals surface area contributed by atoms with Crippen LogP contribution in [0.2, 0.25) is 0 Å². The molecule has 0 saturated carbocycles. The molecule has 17 heavy (non-hydrogen) atoms. The van der Waals surface area contributed by atoms with Gasteiger partial charge in [-0.05, 0) is 35.7 Å². The maximum absolute atomic E-state index is 11.9. The van der Waals surface area contributed by atoms with Gasteiger partial charge in [-0.15, -0.1) is 0 Å². The number of amides is 2. The van der Waals surface area contributed by atoms with E-state index in [0.717, 1.165) is 6.42 Å². The van der Waals surface area contributed by atoms with Crippen molar-refractivity contribution in [2.45, 2.75) is 19.4 Å². The van der Waals surface area contributed by atoms with Crippen LogP contribution < -0.4 is 5.32 Å². The molecule has 1 fully saturated rings. The molecule has 2 rings (SSSR count). The summed E-state index contributed by atoms with van der Waals surface area (Å²) in [7, 11) is 0. The summed E-state index contributed by atoms with van der Waals surface area (Å²) in [6, 6.07) is 2.29. The van der Waals surface area contributed by atoms with Crippen LogP contribution in [0.1, 0.15) is 12.5 Å². The number of thiophene rings is 1. The highest BCUT2D eigenvalue weighted by Crippen LogP contribution is 2.09. The lowest BCUT2D eigenvalue weighted by molar-refractivity contribution is 0.0526. The lowest BCUT2D eigenvalue weighted by Gasteiger charge is -2.28. The third-order valence-electron chi connectivity index (χ3n) is 2.79. The second-order valence-corrected chi connectivity index (χ2v) is 5.07. The summed E-state index contributed by atoms with van der Waals surface area (Å²) in [5.74, 6) is 0. The SMILES string of the molecule is C[C@H](Cc1ccsc1)NC(=O)N1CCOCC1. The smallest absolute Gasteiger partial charge is 0.317 e. The maximum atomic E-state index is 11.9. The van der Waals surface area contributed by atoms with Gasteiger partial charge in [0, 0.05) is 19.1 Å². The number of nitrogens with one attached hydrogen (secondary N) is 1. The van der Waals surface area contributed by atoms with Crippen molar-refractivity contribution in [3.05, 3.63) is 22.4 Å². The number of hydrogen-bond donors (Lipinski definition) is 1. The largest absolute Gasteiger partial charge is 0.378 e. The molecule has 1 aromatic rings. The molecule has 94 valence electrons. The van der Waals surface area contributed by atoms with Gasteiger partial charge in [0.15, 0.2) is 0 Å². The molecule has 1 aliphatic heterocycles. The molecule has 0 spiro atoms. The summed E-state index contributed by atoms with van der Waals surface area (Å²) in [5.41, 5.74) is 1.28. The highest BCUT2D eigenvalue weighted by atomic mass is 32.1. The topological polar surface area (TPSA) is 41.6 Å². The van der Waals surface area contributed by atoms with Gasteiger partial charge in [0.05, 0.1) is 13.2 Å². The minimum Gasteiger partial charge on any atom is -0.378 e. The maximum Gasteiger partial charge on any atom is 0.317 e. The minimum absolute atomic E-state index is 0.0241. The summed E-state index contributed by atoms with van der Waals surface area (Å²) in [6.07, 6.45) is 0.888. The van der Waals surface area contributed by atoms with Crippen LogP contribution >= 0.6 is 11.3 Å². The molecule has 4 nitrogen and oxygen atoms in total. The molecule has 1 aromatic heterocycles. The van der Waals surface area contributed by atoms with E-state index in [1.807, 2.05) is 11.8 Å². The zero-order chi connectivity index (χ0) is 12.1. The molecule has 0 aromatic carbocycles. The Balaban J connectivity index is 1.77. The number of hydrogen-bond acceptors (Lipinski definition) is 3. The monoisotopic (exact) mass is 254 g/mol. The first-order valence-corrected chi connectivity index (χ1v) is 6.84. The predicted octanol–water partition coefficient (Wildman–Crippen LogP) is 1.72. The van der Waals surface area contributed by atoms with Crippen LogP contribution in [0.3, 0.4) is 0 Å². The van der Waals surface area contributed by atoms with Gasteiger partial charge >= 0.3 is 6.03 Å². The van der Waals surface area contributed by atoms with Crippen LogP contribution in [0, 0.1) is 0 Å². The molecule has 1 N–H and O–H groups in total. The predicted molar refractivity (Wildman–Crippen MR) is 68.4 cm³/mol. The van der Waals surface area contributed by atoms with Crippen LogP contribution in [0.25, 0.3) is 0 Å². The minimum atomic E-state index is 0.0241. The van der Waals surface area contributed by atoms with Crippen LogP contribution in [-0.2, 0) is 11.2 Å². The van der Waals surface area contributed by atoms with E-state index in [1.165, 1.54) is 5.56 Å². The number of rotatable bonds is 3. The van der Waals surface area contributed by atoms with Crippen LogP contribution in [0.5, 0.6) is 0 Å². The summed E-state index contributed by atoms with van der Waals surface area (Å²) in [5, 5.41) is 7.21. The molecule has 0 aliphatic carbocycles. The molecule has 0 radical (unpaired) electrons. The molecule has 1 atom stereocenters. The zero-order valence-electron chi connectivity index (χ0n) is 10.0. The molecule has 1 saturated heterocycles. The summed E-state index contributed by atoms with van der Waals surface area (Å²) in [4.78, 5) is 13.7. The highest BCUT2D eigenvalue weighted by molar-refractivity contribution is 7.07. The number of morpholine rings is 1. The first-order chi connectivity index (χ1) is 8.25. The molecule has 1 aliphatic rings. The van der Waals surface area contributed by atoms with Gasteiger partial charge in [-0.3, -0.25) is 0 Å². The Labute approximate surface area is 106 Å². The second kappa shape index (κ2) is 6.02. The Kier molecular flexibility index (Phi) is 4.39. The Bertz CT molecular complexity index is 347. The fourth-order valence-electron chi connectivity index (χ4n) is 1.88. The van der Waals surface area contributed by atoms with E-state index in [-0.39, 0.29) is 12.1 Å². The van der Waals surface area contributed by atoms with Crippen molar-refractivity contribution in [3.63, 3.8) is 0 Å². The quantitative estimate of drug-likeness (QED) is 0.892. The Hall–Kier alpha value is -1.07. The third kappa shape index (κ3) is 3.71. The lowest BCUT2D eigenvalue weighted by atomic mass is 10.1. The molecule has 2 heterocycles. The van der Waals surface area contributed by atoms with Crippen molar-refractivity contribution < 1.29 is 9.53 Å². The fraction of sp³-hybridized carbons (Fsp3) is 0.583. The summed E-state index contributed by atoms with van der Waals surface area (Å²) in [6.45, 7) is 4.71. The van der Waals surface area contributed by atoms with Gasteiger partial charge in [-0.1, -0.05) is 0 Å². The molecule has 0 bridgehead atoms. The Morgan fingerprint density at radius 2 is 2.35 bits per heavy atom. The van der Waals surface area contributed by atoms with Crippen molar-refractivity contribution in [1.82, 2.24) is 10.2 Å². The van der Waals surface area contributed by atoms with Crippen LogP contribution in [-0.4, -0.2) is 43.3 Å². The number of carbonyl (C=O) groups is 1. The molecule has 0 unspecified atom stereocenters. The Morgan fingerprint density at radius 1 is 1.59 bits per heavy atom. The zero-order valence-corrected chi connectivity index (χ0v) is 10.8. The van der Waals surface area contributed by atoms with E-state index < -0.39 is 0 Å². The second-order valence-electron chi connectivity index (χ2n) is 4.29. The first-order valence-electron chi connectivity index (χ1n) is 5.90. The normalized spacial score (nSPS) is 17.8. The van der Waals surface area contributed by atoms with Gasteiger partial charge in [-0.2, -0.15) is 11.3 Å². The van der Waals surface area contributed by atoms with Crippen molar-refractivity contribution in [2.75, 3.05) is 26.3 Å². The first kappa shape index (κ1) is 12.4. The van der Waals surface area contributed by atoms with Crippen molar-refractivity contribution >= 4 is 17.4 Å². The van der Waals surface area contributed by atoms with E-state index >= 15 is 0 Å². The van der Waals surface area contributed by atoms with E-state index in [9.17, 15) is 4.79 Å². The van der Waals surface area contributed by atoms with E-state index in [2.05, 4.69) is 22.1 Å². The van der Waals surface area contributed by atoms with Gasteiger partial charge in [0.25, 0.3) is 0 Å². The molecular formula is C12H18N2O2S. The number of urea groups is 1. The third-order valence-corrected chi connectivity index (χ3v) is 3.52. The average Bonchev–Trinajstić information content (AvgIpc) is 2.82. The average molecular weight is 254 g/mol. The lowest BCUT2D eigenvalue weighted by Crippen LogP contribution is -2.49. The molecule has 2 amide bonds. The highest BCUT2D eigenvalue weighted by Gasteiger charge is 2.18. The molecule has 5 heteroatoms. The van der Waals surface area contributed by atoms with E-state index in [4.69, 9.17) is 4.74 Å². The van der Waals surface area contributed by atoms with Crippen molar-refractivity contribution in [1.29, 1.82) is 0 Å². The summed E-state index contributed by atoms with van der Waals surface area (Å²) < 4.78 is 5.22. The van der Waals surface area contributed by atoms with Crippen molar-refractivity contribution in [3.8, 4) is 0 Å². The number of ether oxygens (including phenoxy) is 1. The van der Waals surface area contributed by atoms with Crippen LogP contribution in [0.4, 0.5) is 4.79 Å². The van der Waals surface area contributed by atoms with Gasteiger partial charge < -0.3 is 15.0 Å². The van der Waals surface area contributed by atoms with Gasteiger partial charge in [-0.25, -0.2) is 4.79 Å². The fourth-order valence-corrected chi connectivity index (χ4v) is 2.56. The summed E-state index contributed by atoms with van der Waals surface area (Å²) >= 11 is 1.69. The van der Waals surface area contributed by atoms with E-state index in [0.29, 0.717) is 26.3 Å². The standard InChI is InChI=1S/C12H18N2O2S/c1-10(8-11-2-7-17-9-11)13-12(15)14-3-5-16-6-4-14/h2,7,9-10H,3-6,8H2,1H3,(H,13,15)/t10-/m1/s1.